The summed E-state index contributed by atoms with van der Waals surface area (Å²) in [5.41, 5.74) is 2.17. The van der Waals surface area contributed by atoms with Crippen molar-refractivity contribution in [2.45, 2.75) is 58.4 Å². The third kappa shape index (κ3) is 7.30. The zero-order valence-corrected chi connectivity index (χ0v) is 19.8. The molecule has 2 rings (SSSR count). The number of carbonyl (C=O) groups excluding carboxylic acids is 1. The molecular formula is C22H33BBrN4O. The molecule has 1 amide bonds. The van der Waals surface area contributed by atoms with Crippen molar-refractivity contribution in [3.63, 3.8) is 0 Å². The minimum absolute atomic E-state index is 0.713. The summed E-state index contributed by atoms with van der Waals surface area (Å²) in [5.74, 6) is 1.75. The van der Waals surface area contributed by atoms with Crippen molar-refractivity contribution < 1.29 is 4.79 Å². The molecule has 29 heavy (non-hydrogen) atoms. The lowest BCUT2D eigenvalue weighted by Gasteiger charge is -2.17. The van der Waals surface area contributed by atoms with Gasteiger partial charge < -0.3 is 14.3 Å². The van der Waals surface area contributed by atoms with Gasteiger partial charge in [0.1, 0.15) is 11.6 Å². The second-order valence-electron chi connectivity index (χ2n) is 7.78. The summed E-state index contributed by atoms with van der Waals surface area (Å²) in [6, 6.07) is 8.35. The highest BCUT2D eigenvalue weighted by atomic mass is 79.9. The predicted octanol–water partition coefficient (Wildman–Crippen LogP) is 4.00. The van der Waals surface area contributed by atoms with Gasteiger partial charge >= 0.3 is 0 Å². The molecule has 2 aromatic rings. The Morgan fingerprint density at radius 2 is 1.86 bits per heavy atom. The summed E-state index contributed by atoms with van der Waals surface area (Å²) < 4.78 is 3.32. The summed E-state index contributed by atoms with van der Waals surface area (Å²) in [6.45, 7) is 2.97. The molecule has 0 bridgehead atoms. The van der Waals surface area contributed by atoms with Crippen molar-refractivity contribution in [2.24, 2.45) is 0 Å². The predicted molar refractivity (Wildman–Crippen MR) is 126 cm³/mol. The number of nitrogens with zero attached hydrogens (tertiary/aromatic N) is 4. The maximum atomic E-state index is 11.5. The molecule has 0 fully saturated rings. The van der Waals surface area contributed by atoms with Crippen LogP contribution in [0.5, 0.6) is 0 Å². The van der Waals surface area contributed by atoms with Crippen molar-refractivity contribution in [2.75, 3.05) is 26.0 Å². The molecule has 7 heteroatoms. The van der Waals surface area contributed by atoms with E-state index in [9.17, 15) is 4.79 Å². The van der Waals surface area contributed by atoms with Gasteiger partial charge in [0.2, 0.25) is 6.41 Å². The fourth-order valence-electron chi connectivity index (χ4n) is 3.43. The number of aromatic nitrogens is 2. The molecule has 1 aromatic heterocycles. The van der Waals surface area contributed by atoms with Crippen LogP contribution in [0.15, 0.2) is 28.7 Å². The number of amides is 1. The number of imidazole rings is 1. The van der Waals surface area contributed by atoms with E-state index in [1.165, 1.54) is 37.7 Å². The van der Waals surface area contributed by atoms with E-state index in [1.807, 2.05) is 32.4 Å². The number of aryl methyl sites for hydroxylation is 1. The molecule has 0 atom stereocenters. The Hall–Kier alpha value is -1.60. The van der Waals surface area contributed by atoms with Gasteiger partial charge in [0, 0.05) is 30.1 Å². The van der Waals surface area contributed by atoms with E-state index in [1.54, 1.807) is 11.9 Å². The average Bonchev–Trinajstić information content (AvgIpc) is 3.00. The number of benzene rings is 1. The quantitative estimate of drug-likeness (QED) is 0.258. The van der Waals surface area contributed by atoms with Crippen molar-refractivity contribution in [1.82, 2.24) is 14.4 Å². The minimum atomic E-state index is 0.713. The molecule has 0 saturated carbocycles. The van der Waals surface area contributed by atoms with Gasteiger partial charge in [0.05, 0.1) is 0 Å². The van der Waals surface area contributed by atoms with Crippen LogP contribution in [-0.4, -0.2) is 49.3 Å². The lowest BCUT2D eigenvalue weighted by atomic mass is 9.86. The van der Waals surface area contributed by atoms with Crippen LogP contribution in [0.3, 0.4) is 0 Å². The molecule has 1 aromatic carbocycles. The molecular weight excluding hydrogens is 427 g/mol. The monoisotopic (exact) mass is 459 g/mol. The summed E-state index contributed by atoms with van der Waals surface area (Å²) >= 11 is 3.57. The van der Waals surface area contributed by atoms with Crippen LogP contribution in [-0.2, 0) is 17.8 Å². The number of anilines is 1. The highest BCUT2D eigenvalue weighted by Crippen LogP contribution is 2.18. The summed E-state index contributed by atoms with van der Waals surface area (Å²) in [6.07, 6.45) is 9.24. The second-order valence-corrected chi connectivity index (χ2v) is 8.70. The number of hydrogen-bond acceptors (Lipinski definition) is 3. The smallest absolute Gasteiger partial charge is 0.275 e. The van der Waals surface area contributed by atoms with Crippen molar-refractivity contribution in [1.29, 1.82) is 0 Å². The van der Waals surface area contributed by atoms with Crippen LogP contribution in [0, 0.1) is 0 Å². The number of unbranched alkanes of at least 4 members (excludes halogenated alkanes) is 5. The number of rotatable bonds is 13. The fourth-order valence-corrected chi connectivity index (χ4v) is 3.88. The minimum Gasteiger partial charge on any atom is -0.346 e. The van der Waals surface area contributed by atoms with E-state index >= 15 is 0 Å². The molecule has 0 aliphatic heterocycles. The highest BCUT2D eigenvalue weighted by molar-refractivity contribution is 9.10. The van der Waals surface area contributed by atoms with E-state index < -0.39 is 0 Å². The van der Waals surface area contributed by atoms with Gasteiger partial charge in [-0.3, -0.25) is 4.79 Å². The molecule has 0 unspecified atom stereocenters. The first-order chi connectivity index (χ1) is 14.0. The topological polar surface area (TPSA) is 41.4 Å². The first-order valence-corrected chi connectivity index (χ1v) is 11.3. The van der Waals surface area contributed by atoms with Crippen LogP contribution in [0.2, 0.25) is 0 Å². The fraction of sp³-hybridized carbons (Fsp3) is 0.545. The largest absolute Gasteiger partial charge is 0.346 e. The summed E-state index contributed by atoms with van der Waals surface area (Å²) in [4.78, 5) is 19.9. The van der Waals surface area contributed by atoms with E-state index in [2.05, 4.69) is 45.6 Å². The van der Waals surface area contributed by atoms with Crippen molar-refractivity contribution >= 4 is 41.2 Å². The molecule has 157 valence electrons. The molecule has 1 heterocycles. The number of hydrogen-bond donors (Lipinski definition) is 0. The molecule has 0 aliphatic carbocycles. The molecule has 5 nitrogen and oxygen atoms in total. The van der Waals surface area contributed by atoms with E-state index in [-0.39, 0.29) is 0 Å². The van der Waals surface area contributed by atoms with Gasteiger partial charge in [-0.05, 0) is 38.2 Å². The zero-order chi connectivity index (χ0) is 21.2. The third-order valence-electron chi connectivity index (χ3n) is 4.92. The Morgan fingerprint density at radius 1 is 1.14 bits per heavy atom. The SMILES string of the molecule is CCCCCCCCc1nc(N(C)C=O)c([B]N(C)C)n1Cc1cccc(Br)c1. The Bertz CT molecular complexity index is 778. The average molecular weight is 460 g/mol. The third-order valence-corrected chi connectivity index (χ3v) is 5.42. The first kappa shape index (κ1) is 23.7. The van der Waals surface area contributed by atoms with Crippen molar-refractivity contribution in [3.8, 4) is 0 Å². The van der Waals surface area contributed by atoms with E-state index in [0.717, 1.165) is 41.7 Å². The van der Waals surface area contributed by atoms with Gasteiger partial charge in [0.15, 0.2) is 0 Å². The Morgan fingerprint density at radius 3 is 2.52 bits per heavy atom. The summed E-state index contributed by atoms with van der Waals surface area (Å²) in [7, 11) is 7.80. The zero-order valence-electron chi connectivity index (χ0n) is 18.2. The lowest BCUT2D eigenvalue weighted by molar-refractivity contribution is -0.107. The Kier molecular flexibility index (Phi) is 9.95. The Labute approximate surface area is 184 Å². The van der Waals surface area contributed by atoms with Crippen molar-refractivity contribution in [3.05, 3.63) is 40.1 Å². The Balaban J connectivity index is 2.30. The highest BCUT2D eigenvalue weighted by Gasteiger charge is 2.21. The molecule has 1 radical (unpaired) electrons. The van der Waals surface area contributed by atoms with Gasteiger partial charge in [0.25, 0.3) is 7.41 Å². The van der Waals surface area contributed by atoms with E-state index in [4.69, 9.17) is 4.98 Å². The van der Waals surface area contributed by atoms with Gasteiger partial charge in [-0.1, -0.05) is 67.1 Å². The van der Waals surface area contributed by atoms with Gasteiger partial charge in [-0.2, -0.15) is 0 Å². The summed E-state index contributed by atoms with van der Waals surface area (Å²) in [5, 5.41) is 0. The van der Waals surface area contributed by atoms with Crippen LogP contribution in [0.25, 0.3) is 0 Å². The number of halogens is 1. The van der Waals surface area contributed by atoms with Gasteiger partial charge in [-0.15, -0.1) is 0 Å². The molecule has 0 spiro atoms. The molecule has 0 N–H and O–H groups in total. The number of carbonyl (C=O) groups is 1. The van der Waals surface area contributed by atoms with Crippen LogP contribution < -0.4 is 10.5 Å². The van der Waals surface area contributed by atoms with E-state index in [0.29, 0.717) is 5.82 Å². The van der Waals surface area contributed by atoms with Crippen LogP contribution in [0.1, 0.15) is 56.8 Å². The second kappa shape index (κ2) is 12.2. The first-order valence-electron chi connectivity index (χ1n) is 10.5. The molecule has 0 saturated heterocycles. The maximum absolute atomic E-state index is 11.5. The van der Waals surface area contributed by atoms with Crippen LogP contribution >= 0.6 is 15.9 Å². The normalized spacial score (nSPS) is 11.1. The molecule has 0 aliphatic rings. The lowest BCUT2D eigenvalue weighted by Crippen LogP contribution is -2.38. The van der Waals surface area contributed by atoms with Crippen LogP contribution in [0.4, 0.5) is 5.82 Å². The maximum Gasteiger partial charge on any atom is 0.275 e. The van der Waals surface area contributed by atoms with Gasteiger partial charge in [-0.25, -0.2) is 4.98 Å². The standard InChI is InChI=1S/C22H33BBrN4O/c1-5-6-7-8-9-10-14-20-25-22(27(4)17-29)21(23-26(2)3)28(20)16-18-12-11-13-19(24)15-18/h11-13,15,17H,5-10,14,16H2,1-4H3.